The molecule has 1 amide bonds. The van der Waals surface area contributed by atoms with Crippen molar-refractivity contribution in [3.8, 4) is 6.07 Å². The van der Waals surface area contributed by atoms with Crippen LogP contribution in [0.25, 0.3) is 6.08 Å². The van der Waals surface area contributed by atoms with Crippen LogP contribution in [0.15, 0.2) is 35.2 Å². The van der Waals surface area contributed by atoms with Crippen molar-refractivity contribution >= 4 is 51.7 Å². The lowest BCUT2D eigenvalue weighted by Crippen LogP contribution is -2.22. The molecule has 0 unspecified atom stereocenters. The Morgan fingerprint density at radius 3 is 2.57 bits per heavy atom. The highest BCUT2D eigenvalue weighted by Crippen LogP contribution is 2.30. The van der Waals surface area contributed by atoms with Crippen LogP contribution >= 0.6 is 22.9 Å². The number of carboxylic acids is 1. The number of aromatic nitrogens is 1. The molecule has 8 heteroatoms. The van der Waals surface area contributed by atoms with Gasteiger partial charge in [-0.2, -0.15) is 5.26 Å². The van der Waals surface area contributed by atoms with Gasteiger partial charge in [0, 0.05) is 17.3 Å². The Bertz CT molecular complexity index is 821. The van der Waals surface area contributed by atoms with Gasteiger partial charge in [0.25, 0.3) is 0 Å². The number of halogens is 1. The molecule has 0 aliphatic rings. The first kappa shape index (κ1) is 16.7. The second-order valence-electron chi connectivity index (χ2n) is 4.36. The van der Waals surface area contributed by atoms with E-state index in [0.717, 1.165) is 17.4 Å². The van der Waals surface area contributed by atoms with Crippen molar-refractivity contribution in [3.05, 3.63) is 45.9 Å². The van der Waals surface area contributed by atoms with Crippen LogP contribution in [0.5, 0.6) is 0 Å². The highest BCUT2D eigenvalue weighted by molar-refractivity contribution is 7.14. The van der Waals surface area contributed by atoms with Crippen molar-refractivity contribution in [3.63, 3.8) is 0 Å². The third kappa shape index (κ3) is 3.94. The van der Waals surface area contributed by atoms with Gasteiger partial charge in [-0.1, -0.05) is 11.6 Å². The Hall–Kier alpha value is -2.69. The molecule has 1 N–H and O–H groups in total. The van der Waals surface area contributed by atoms with Gasteiger partial charge in [0.1, 0.15) is 11.6 Å². The van der Waals surface area contributed by atoms with Crippen LogP contribution in [0, 0.1) is 11.3 Å². The summed E-state index contributed by atoms with van der Waals surface area (Å²) in [6.07, 6.45) is 1.16. The van der Waals surface area contributed by atoms with E-state index in [9.17, 15) is 9.59 Å². The first-order chi connectivity index (χ1) is 10.9. The minimum Gasteiger partial charge on any atom is -0.477 e. The zero-order valence-electron chi connectivity index (χ0n) is 11.9. The Morgan fingerprint density at radius 2 is 2.04 bits per heavy atom. The molecular formula is C15H10ClN3O3S. The van der Waals surface area contributed by atoms with Crippen molar-refractivity contribution in [2.45, 2.75) is 6.92 Å². The summed E-state index contributed by atoms with van der Waals surface area (Å²) >= 11 is 7.00. The van der Waals surface area contributed by atoms with Crippen LogP contribution in [0.4, 0.5) is 10.8 Å². The third-order valence-electron chi connectivity index (χ3n) is 2.74. The lowest BCUT2D eigenvalue weighted by molar-refractivity contribution is -0.132. The smallest absolute Gasteiger partial charge is 0.346 e. The average Bonchev–Trinajstić information content (AvgIpc) is 2.94. The summed E-state index contributed by atoms with van der Waals surface area (Å²) in [5.74, 6) is -1.58. The number of carboxylic acid groups (broad SMARTS) is 1. The summed E-state index contributed by atoms with van der Waals surface area (Å²) in [5, 5.41) is 20.1. The molecule has 0 aliphatic heterocycles. The molecule has 2 aromatic rings. The van der Waals surface area contributed by atoms with E-state index < -0.39 is 11.5 Å². The highest BCUT2D eigenvalue weighted by atomic mass is 35.5. The fourth-order valence-electron chi connectivity index (χ4n) is 1.75. The number of aliphatic carboxylic acids is 1. The SMILES string of the molecule is CC(=O)N(c1ccc(Cl)cc1)c1nc(C=C(C#N)C(=O)O)cs1. The largest absolute Gasteiger partial charge is 0.477 e. The topological polar surface area (TPSA) is 94.3 Å². The van der Waals surface area contributed by atoms with Gasteiger partial charge in [0.15, 0.2) is 5.13 Å². The number of rotatable bonds is 4. The van der Waals surface area contributed by atoms with Crippen LogP contribution in [0.1, 0.15) is 12.6 Å². The molecule has 0 atom stereocenters. The van der Waals surface area contributed by atoms with Crippen LogP contribution in [0.3, 0.4) is 0 Å². The number of thiazole rings is 1. The van der Waals surface area contributed by atoms with E-state index in [1.807, 2.05) is 0 Å². The Kier molecular flexibility index (Phi) is 5.11. The number of benzene rings is 1. The van der Waals surface area contributed by atoms with E-state index >= 15 is 0 Å². The van der Waals surface area contributed by atoms with Crippen molar-refractivity contribution in [1.29, 1.82) is 5.26 Å². The maximum absolute atomic E-state index is 11.9. The molecule has 0 radical (unpaired) electrons. The van der Waals surface area contributed by atoms with Gasteiger partial charge in [0.05, 0.1) is 11.4 Å². The van der Waals surface area contributed by atoms with Crippen molar-refractivity contribution in [1.82, 2.24) is 4.98 Å². The molecule has 1 aromatic carbocycles. The number of hydrogen-bond donors (Lipinski definition) is 1. The third-order valence-corrected chi connectivity index (χ3v) is 3.84. The molecule has 1 aromatic heterocycles. The Labute approximate surface area is 140 Å². The molecule has 1 heterocycles. The van der Waals surface area contributed by atoms with E-state index in [1.165, 1.54) is 11.8 Å². The number of amides is 1. The van der Waals surface area contributed by atoms with Crippen LogP contribution in [-0.2, 0) is 9.59 Å². The minimum absolute atomic E-state index is 0.254. The quantitative estimate of drug-likeness (QED) is 0.675. The highest BCUT2D eigenvalue weighted by Gasteiger charge is 2.18. The fourth-order valence-corrected chi connectivity index (χ4v) is 2.72. The van der Waals surface area contributed by atoms with E-state index in [4.69, 9.17) is 22.0 Å². The van der Waals surface area contributed by atoms with Gasteiger partial charge in [-0.05, 0) is 30.3 Å². The lowest BCUT2D eigenvalue weighted by atomic mass is 10.2. The van der Waals surface area contributed by atoms with Gasteiger partial charge in [-0.3, -0.25) is 9.69 Å². The molecule has 0 saturated heterocycles. The second-order valence-corrected chi connectivity index (χ2v) is 5.63. The summed E-state index contributed by atoms with van der Waals surface area (Å²) in [4.78, 5) is 28.3. The summed E-state index contributed by atoms with van der Waals surface area (Å²) in [7, 11) is 0. The van der Waals surface area contributed by atoms with E-state index in [2.05, 4.69) is 4.98 Å². The molecule has 0 saturated carbocycles. The van der Waals surface area contributed by atoms with Crippen LogP contribution in [-0.4, -0.2) is 22.0 Å². The normalized spacial score (nSPS) is 10.9. The Balaban J connectivity index is 2.40. The monoisotopic (exact) mass is 347 g/mol. The first-order valence-corrected chi connectivity index (χ1v) is 7.55. The van der Waals surface area contributed by atoms with E-state index in [0.29, 0.717) is 21.5 Å². The number of nitrogens with zero attached hydrogens (tertiary/aromatic N) is 3. The van der Waals surface area contributed by atoms with Crippen molar-refractivity contribution < 1.29 is 14.7 Å². The zero-order chi connectivity index (χ0) is 17.0. The number of anilines is 2. The van der Waals surface area contributed by atoms with Gasteiger partial charge in [0.2, 0.25) is 5.91 Å². The maximum Gasteiger partial charge on any atom is 0.346 e. The van der Waals surface area contributed by atoms with E-state index in [1.54, 1.807) is 35.7 Å². The number of hydrogen-bond acceptors (Lipinski definition) is 5. The number of carbonyl (C=O) groups excluding carboxylic acids is 1. The molecule has 0 bridgehead atoms. The van der Waals surface area contributed by atoms with Gasteiger partial charge in [-0.15, -0.1) is 11.3 Å². The molecule has 0 aliphatic carbocycles. The van der Waals surface area contributed by atoms with E-state index in [-0.39, 0.29) is 5.91 Å². The molecule has 116 valence electrons. The minimum atomic E-state index is -1.33. The molecular weight excluding hydrogens is 338 g/mol. The second kappa shape index (κ2) is 7.05. The number of nitriles is 1. The van der Waals surface area contributed by atoms with Crippen molar-refractivity contribution in [2.24, 2.45) is 0 Å². The standard InChI is InChI=1S/C15H10ClN3O3S/c1-9(20)19(13-4-2-11(16)3-5-13)15-18-12(8-23-15)6-10(7-17)14(21)22/h2-6,8H,1H3,(H,21,22). The predicted molar refractivity (Wildman–Crippen MR) is 87.6 cm³/mol. The van der Waals surface area contributed by atoms with Gasteiger partial charge >= 0.3 is 5.97 Å². The van der Waals surface area contributed by atoms with Crippen LogP contribution < -0.4 is 4.90 Å². The summed E-state index contributed by atoms with van der Waals surface area (Å²) < 4.78 is 0. The number of carbonyl (C=O) groups is 2. The molecule has 0 fully saturated rings. The average molecular weight is 348 g/mol. The van der Waals surface area contributed by atoms with Crippen molar-refractivity contribution in [2.75, 3.05) is 4.90 Å². The molecule has 6 nitrogen and oxygen atoms in total. The lowest BCUT2D eigenvalue weighted by Gasteiger charge is -2.17. The Morgan fingerprint density at radius 1 is 1.39 bits per heavy atom. The summed E-state index contributed by atoms with van der Waals surface area (Å²) in [6.45, 7) is 1.39. The molecule has 23 heavy (non-hydrogen) atoms. The first-order valence-electron chi connectivity index (χ1n) is 6.29. The van der Waals surface area contributed by atoms with Gasteiger partial charge in [-0.25, -0.2) is 9.78 Å². The summed E-state index contributed by atoms with van der Waals surface area (Å²) in [5.41, 5.74) is 0.456. The molecule has 0 spiro atoms. The zero-order valence-corrected chi connectivity index (χ0v) is 13.4. The molecule has 2 rings (SSSR count). The van der Waals surface area contributed by atoms with Crippen LogP contribution in [0.2, 0.25) is 5.02 Å². The summed E-state index contributed by atoms with van der Waals surface area (Å²) in [6, 6.07) is 8.24. The van der Waals surface area contributed by atoms with Gasteiger partial charge < -0.3 is 5.11 Å². The maximum atomic E-state index is 11.9. The fraction of sp³-hybridized carbons (Fsp3) is 0.0667. The predicted octanol–water partition coefficient (Wildman–Crippen LogP) is 3.47.